The maximum atomic E-state index is 5.76. The van der Waals surface area contributed by atoms with E-state index in [0.29, 0.717) is 0 Å². The molecule has 0 radical (unpaired) electrons. The molecule has 14 heavy (non-hydrogen) atoms. The Morgan fingerprint density at radius 3 is 2.07 bits per heavy atom. The number of nitrogens with two attached hydrogens (primary N) is 1. The molecular weight excluding hydrogens is 196 g/mol. The molecule has 3 heteroatoms. The zero-order chi connectivity index (χ0) is 9.42. The number of piperidine rings is 1. The lowest BCUT2D eigenvalue weighted by atomic mass is 9.90. The summed E-state index contributed by atoms with van der Waals surface area (Å²) in [6.07, 6.45) is 5.54. The van der Waals surface area contributed by atoms with E-state index in [1.807, 2.05) is 0 Å². The van der Waals surface area contributed by atoms with Gasteiger partial charge < -0.3 is 5.73 Å². The van der Waals surface area contributed by atoms with Gasteiger partial charge in [0.25, 0.3) is 0 Å². The lowest BCUT2D eigenvalue weighted by Crippen LogP contribution is -2.47. The smallest absolute Gasteiger partial charge is 0.0105 e. The van der Waals surface area contributed by atoms with E-state index in [-0.39, 0.29) is 12.4 Å². The van der Waals surface area contributed by atoms with Gasteiger partial charge in [0.05, 0.1) is 0 Å². The number of nitrogens with zero attached hydrogens (tertiary/aromatic N) is 1. The van der Waals surface area contributed by atoms with Crippen molar-refractivity contribution in [2.45, 2.75) is 57.7 Å². The van der Waals surface area contributed by atoms with E-state index in [1.54, 1.807) is 0 Å². The summed E-state index contributed by atoms with van der Waals surface area (Å²) in [6, 6.07) is 2.44. The summed E-state index contributed by atoms with van der Waals surface area (Å²) >= 11 is 0. The van der Waals surface area contributed by atoms with Gasteiger partial charge in [0.1, 0.15) is 0 Å². The van der Waals surface area contributed by atoms with E-state index in [9.17, 15) is 0 Å². The first-order chi connectivity index (χ1) is 6.22. The Bertz CT molecular complexity index is 170. The molecule has 0 spiro atoms. The molecule has 2 nitrogen and oxygen atoms in total. The molecule has 2 unspecified atom stereocenters. The molecule has 0 saturated carbocycles. The van der Waals surface area contributed by atoms with Crippen molar-refractivity contribution in [1.82, 2.24) is 4.90 Å². The molecule has 0 aromatic heterocycles. The Hall–Kier alpha value is 0.210. The minimum atomic E-state index is 0. The molecule has 2 aliphatic rings. The van der Waals surface area contributed by atoms with Crippen molar-refractivity contribution < 1.29 is 0 Å². The lowest BCUT2D eigenvalue weighted by molar-refractivity contribution is 0.0758. The van der Waals surface area contributed by atoms with Crippen LogP contribution in [0.3, 0.4) is 0 Å². The lowest BCUT2D eigenvalue weighted by Gasteiger charge is -2.41. The predicted octanol–water partition coefficient (Wildman–Crippen LogP) is 2.02. The number of halogens is 1. The Morgan fingerprint density at radius 2 is 1.71 bits per heavy atom. The van der Waals surface area contributed by atoms with Crippen molar-refractivity contribution in [3.05, 3.63) is 0 Å². The zero-order valence-electron chi connectivity index (χ0n) is 9.28. The third-order valence-corrected chi connectivity index (χ3v) is 3.82. The maximum Gasteiger partial charge on any atom is 0.0105 e. The van der Waals surface area contributed by atoms with Gasteiger partial charge in [-0.2, -0.15) is 0 Å². The fourth-order valence-corrected chi connectivity index (χ4v) is 3.36. The highest BCUT2D eigenvalue weighted by atomic mass is 35.5. The molecule has 2 N–H and O–H groups in total. The number of hydrogen-bond acceptors (Lipinski definition) is 2. The van der Waals surface area contributed by atoms with Crippen molar-refractivity contribution >= 4 is 12.4 Å². The van der Waals surface area contributed by atoms with Crippen LogP contribution in [0.4, 0.5) is 0 Å². The highest BCUT2D eigenvalue weighted by molar-refractivity contribution is 5.85. The van der Waals surface area contributed by atoms with Crippen LogP contribution < -0.4 is 5.73 Å². The quantitative estimate of drug-likeness (QED) is 0.769. The first-order valence-electron chi connectivity index (χ1n) is 5.70. The second kappa shape index (κ2) is 4.82. The first-order valence-corrected chi connectivity index (χ1v) is 5.70. The molecule has 0 amide bonds. The minimum absolute atomic E-state index is 0. The molecule has 2 aliphatic heterocycles. The highest BCUT2D eigenvalue weighted by Crippen LogP contribution is 2.39. The van der Waals surface area contributed by atoms with Gasteiger partial charge in [-0.3, -0.25) is 4.90 Å². The molecule has 2 atom stereocenters. The summed E-state index contributed by atoms with van der Waals surface area (Å²) < 4.78 is 0. The van der Waals surface area contributed by atoms with Gasteiger partial charge in [-0.15, -0.1) is 12.4 Å². The van der Waals surface area contributed by atoms with Crippen LogP contribution in [-0.2, 0) is 0 Å². The summed E-state index contributed by atoms with van der Waals surface area (Å²) in [5, 5.41) is 0. The van der Waals surface area contributed by atoms with Crippen molar-refractivity contribution in [3.8, 4) is 0 Å². The fourth-order valence-electron chi connectivity index (χ4n) is 3.36. The average molecular weight is 219 g/mol. The van der Waals surface area contributed by atoms with Crippen LogP contribution in [0.2, 0.25) is 0 Å². The summed E-state index contributed by atoms with van der Waals surface area (Å²) in [5.74, 6) is 0.812. The van der Waals surface area contributed by atoms with Gasteiger partial charge in [-0.1, -0.05) is 0 Å². The molecule has 2 saturated heterocycles. The van der Waals surface area contributed by atoms with Gasteiger partial charge in [-0.05, 0) is 52.0 Å². The second-order valence-corrected chi connectivity index (χ2v) is 5.00. The Kier molecular flexibility index (Phi) is 4.23. The molecule has 0 aliphatic carbocycles. The summed E-state index contributed by atoms with van der Waals surface area (Å²) in [4.78, 5) is 2.73. The molecule has 2 rings (SSSR count). The molecule has 0 aromatic rings. The average Bonchev–Trinajstić information content (AvgIpc) is 2.37. The number of fused-ring (bicyclic) bond motifs is 2. The Morgan fingerprint density at radius 1 is 1.21 bits per heavy atom. The standard InChI is InChI=1S/C11H22N2.ClH/c1-8(2)13-10-3-4-11(13)6-9(5-10)7-12;/h8-11H,3-7,12H2,1-2H3;1H. The Labute approximate surface area is 93.6 Å². The van der Waals surface area contributed by atoms with E-state index in [0.717, 1.165) is 30.6 Å². The maximum absolute atomic E-state index is 5.76. The van der Waals surface area contributed by atoms with Crippen molar-refractivity contribution in [2.24, 2.45) is 11.7 Å². The van der Waals surface area contributed by atoms with Crippen molar-refractivity contribution in [1.29, 1.82) is 0 Å². The van der Waals surface area contributed by atoms with Crippen LogP contribution in [-0.4, -0.2) is 29.6 Å². The predicted molar refractivity (Wildman–Crippen MR) is 62.8 cm³/mol. The van der Waals surface area contributed by atoms with Gasteiger partial charge in [0.15, 0.2) is 0 Å². The van der Waals surface area contributed by atoms with Gasteiger partial charge in [-0.25, -0.2) is 0 Å². The molecule has 2 heterocycles. The van der Waals surface area contributed by atoms with E-state index < -0.39 is 0 Å². The molecule has 84 valence electrons. The number of rotatable bonds is 2. The van der Waals surface area contributed by atoms with Crippen LogP contribution in [0.25, 0.3) is 0 Å². The van der Waals surface area contributed by atoms with Crippen LogP contribution >= 0.6 is 12.4 Å². The second-order valence-electron chi connectivity index (χ2n) is 5.00. The van der Waals surface area contributed by atoms with Crippen LogP contribution in [0.1, 0.15) is 39.5 Å². The third kappa shape index (κ3) is 2.07. The van der Waals surface area contributed by atoms with E-state index in [2.05, 4.69) is 18.7 Å². The topological polar surface area (TPSA) is 29.3 Å². The normalized spacial score (nSPS) is 37.3. The molecule has 2 bridgehead atoms. The summed E-state index contributed by atoms with van der Waals surface area (Å²) in [7, 11) is 0. The highest BCUT2D eigenvalue weighted by Gasteiger charge is 2.40. The summed E-state index contributed by atoms with van der Waals surface area (Å²) in [5.41, 5.74) is 5.76. The van der Waals surface area contributed by atoms with Crippen LogP contribution in [0.5, 0.6) is 0 Å². The third-order valence-electron chi connectivity index (χ3n) is 3.82. The van der Waals surface area contributed by atoms with Crippen LogP contribution in [0.15, 0.2) is 0 Å². The number of hydrogen-bond donors (Lipinski definition) is 1. The fraction of sp³-hybridized carbons (Fsp3) is 1.00. The van der Waals surface area contributed by atoms with Crippen molar-refractivity contribution in [3.63, 3.8) is 0 Å². The summed E-state index contributed by atoms with van der Waals surface area (Å²) in [6.45, 7) is 5.56. The Balaban J connectivity index is 0.000000980. The van der Waals surface area contributed by atoms with E-state index >= 15 is 0 Å². The van der Waals surface area contributed by atoms with Crippen LogP contribution in [0, 0.1) is 5.92 Å². The first kappa shape index (κ1) is 12.3. The largest absolute Gasteiger partial charge is 0.330 e. The van der Waals surface area contributed by atoms with E-state index in [4.69, 9.17) is 5.73 Å². The van der Waals surface area contributed by atoms with Gasteiger partial charge >= 0.3 is 0 Å². The SMILES string of the molecule is CC(C)N1C2CCC1CC(CN)C2.Cl. The minimum Gasteiger partial charge on any atom is -0.330 e. The van der Waals surface area contributed by atoms with Gasteiger partial charge in [0.2, 0.25) is 0 Å². The molecule has 2 fully saturated rings. The molecule has 0 aromatic carbocycles. The monoisotopic (exact) mass is 218 g/mol. The zero-order valence-corrected chi connectivity index (χ0v) is 10.1. The van der Waals surface area contributed by atoms with Crippen molar-refractivity contribution in [2.75, 3.05) is 6.54 Å². The molecular formula is C11H23ClN2. The van der Waals surface area contributed by atoms with Gasteiger partial charge in [0, 0.05) is 18.1 Å². The van der Waals surface area contributed by atoms with E-state index in [1.165, 1.54) is 25.7 Å².